The second-order valence-electron chi connectivity index (χ2n) is 6.16. The van der Waals surface area contributed by atoms with Crippen LogP contribution in [0.5, 0.6) is 5.75 Å². The van der Waals surface area contributed by atoms with Crippen LogP contribution in [0.1, 0.15) is 17.5 Å². The minimum atomic E-state index is -3.81. The number of primary sulfonamides is 1. The molecule has 3 N–H and O–H groups in total. The maximum Gasteiger partial charge on any atom is 0.265 e. The molecule has 0 saturated heterocycles. The smallest absolute Gasteiger partial charge is 0.265 e. The van der Waals surface area contributed by atoms with E-state index in [2.05, 4.69) is 0 Å². The average molecular weight is 387 g/mol. The zero-order chi connectivity index (χ0) is 19.8. The number of amides is 1. The van der Waals surface area contributed by atoms with Gasteiger partial charge >= 0.3 is 0 Å². The van der Waals surface area contributed by atoms with Crippen molar-refractivity contribution in [3.8, 4) is 11.8 Å². The van der Waals surface area contributed by atoms with Gasteiger partial charge in [-0.15, -0.1) is 0 Å². The van der Waals surface area contributed by atoms with E-state index in [-0.39, 0.29) is 17.9 Å². The summed E-state index contributed by atoms with van der Waals surface area (Å²) in [7, 11) is -2.33. The van der Waals surface area contributed by atoms with E-state index in [9.17, 15) is 18.3 Å². The summed E-state index contributed by atoms with van der Waals surface area (Å²) in [6.07, 6.45) is -0.383. The quantitative estimate of drug-likeness (QED) is 0.786. The molecule has 0 fully saturated rings. The van der Waals surface area contributed by atoms with Crippen LogP contribution in [0.15, 0.2) is 47.4 Å². The summed E-state index contributed by atoms with van der Waals surface area (Å²) in [4.78, 5) is 14.2. The Morgan fingerprint density at radius 3 is 2.48 bits per heavy atom. The Bertz CT molecular complexity index is 1040. The lowest BCUT2D eigenvalue weighted by molar-refractivity contribution is -0.135. The average Bonchev–Trinajstić information content (AvgIpc) is 2.83. The Morgan fingerprint density at radius 1 is 1.26 bits per heavy atom. The van der Waals surface area contributed by atoms with Gasteiger partial charge in [-0.05, 0) is 29.8 Å². The fourth-order valence-corrected chi connectivity index (χ4v) is 3.58. The maximum absolute atomic E-state index is 12.9. The molecule has 3 rings (SSSR count). The number of fused-ring (bicyclic) bond motifs is 1. The van der Waals surface area contributed by atoms with Gasteiger partial charge in [0.05, 0.1) is 36.7 Å². The van der Waals surface area contributed by atoms with Crippen molar-refractivity contribution in [1.82, 2.24) is 0 Å². The van der Waals surface area contributed by atoms with Crippen LogP contribution in [0, 0.1) is 11.3 Å². The summed E-state index contributed by atoms with van der Waals surface area (Å²) < 4.78 is 27.9. The maximum atomic E-state index is 12.9. The van der Waals surface area contributed by atoms with Crippen LogP contribution in [-0.2, 0) is 27.0 Å². The summed E-state index contributed by atoms with van der Waals surface area (Å²) in [5.41, 5.74) is -0.536. The number of methoxy groups -OCH3 is 1. The van der Waals surface area contributed by atoms with Crippen molar-refractivity contribution in [2.75, 3.05) is 12.0 Å². The molecule has 1 aliphatic heterocycles. The van der Waals surface area contributed by atoms with Gasteiger partial charge in [0.1, 0.15) is 5.75 Å². The second-order valence-corrected chi connectivity index (χ2v) is 7.72. The molecule has 0 aliphatic carbocycles. The molecule has 27 heavy (non-hydrogen) atoms. The van der Waals surface area contributed by atoms with Crippen molar-refractivity contribution in [3.63, 3.8) is 0 Å². The SMILES string of the molecule is COc1ccc2c(c1)N(Cc1ccc(S(N)(=O)=O)cc1)C(=O)C2(O)CC#N. The van der Waals surface area contributed by atoms with E-state index in [1.165, 1.54) is 36.3 Å². The van der Waals surface area contributed by atoms with Gasteiger partial charge in [0, 0.05) is 11.6 Å². The van der Waals surface area contributed by atoms with E-state index in [0.29, 0.717) is 22.6 Å². The predicted molar refractivity (Wildman–Crippen MR) is 96.1 cm³/mol. The first-order valence-electron chi connectivity index (χ1n) is 7.92. The molecule has 1 unspecified atom stereocenters. The van der Waals surface area contributed by atoms with Crippen LogP contribution in [0.3, 0.4) is 0 Å². The molecule has 2 aromatic carbocycles. The van der Waals surface area contributed by atoms with Crippen molar-refractivity contribution < 1.29 is 23.1 Å². The van der Waals surface area contributed by atoms with Crippen molar-refractivity contribution in [1.29, 1.82) is 5.26 Å². The summed E-state index contributed by atoms with van der Waals surface area (Å²) in [6, 6.07) is 12.4. The fourth-order valence-electron chi connectivity index (χ4n) is 3.07. The number of nitriles is 1. The van der Waals surface area contributed by atoms with Gasteiger partial charge in [0.2, 0.25) is 10.0 Å². The van der Waals surface area contributed by atoms with Crippen LogP contribution < -0.4 is 14.8 Å². The molecular weight excluding hydrogens is 370 g/mol. The standard InChI is InChI=1S/C18H17N3O5S/c1-26-13-4-7-15-16(10-13)21(17(22)18(15,23)8-9-19)11-12-2-5-14(6-3-12)27(20,24)25/h2-7,10,23H,8,11H2,1H3,(H2,20,24,25). The predicted octanol–water partition coefficient (Wildman–Crippen LogP) is 0.991. The highest BCUT2D eigenvalue weighted by Gasteiger charge is 2.49. The van der Waals surface area contributed by atoms with E-state index in [1.54, 1.807) is 18.2 Å². The first-order valence-corrected chi connectivity index (χ1v) is 9.47. The Labute approximate surface area is 156 Å². The lowest BCUT2D eigenvalue weighted by Crippen LogP contribution is -2.39. The van der Waals surface area contributed by atoms with Gasteiger partial charge < -0.3 is 14.7 Å². The Balaban J connectivity index is 2.01. The molecule has 2 aromatic rings. The number of hydrogen-bond donors (Lipinski definition) is 2. The number of carbonyl (C=O) groups excluding carboxylic acids is 1. The monoisotopic (exact) mass is 387 g/mol. The zero-order valence-corrected chi connectivity index (χ0v) is 15.2. The number of rotatable bonds is 5. The number of anilines is 1. The van der Waals surface area contributed by atoms with Crippen molar-refractivity contribution in [2.24, 2.45) is 5.14 Å². The molecule has 8 nitrogen and oxygen atoms in total. The molecule has 0 aromatic heterocycles. The third-order valence-electron chi connectivity index (χ3n) is 4.47. The molecule has 140 valence electrons. The second kappa shape index (κ2) is 6.66. The number of benzene rings is 2. The molecule has 1 heterocycles. The van der Waals surface area contributed by atoms with Crippen LogP contribution >= 0.6 is 0 Å². The highest BCUT2D eigenvalue weighted by atomic mass is 32.2. The number of carbonyl (C=O) groups is 1. The van der Waals surface area contributed by atoms with Gasteiger partial charge in [-0.2, -0.15) is 5.26 Å². The molecular formula is C18H17N3O5S. The van der Waals surface area contributed by atoms with Gasteiger partial charge in [-0.25, -0.2) is 13.6 Å². The number of sulfonamides is 1. The van der Waals surface area contributed by atoms with Crippen molar-refractivity contribution in [2.45, 2.75) is 23.5 Å². The number of ether oxygens (including phenoxy) is 1. The van der Waals surface area contributed by atoms with E-state index in [0.717, 1.165) is 0 Å². The Morgan fingerprint density at radius 2 is 1.93 bits per heavy atom. The van der Waals surface area contributed by atoms with E-state index in [4.69, 9.17) is 15.1 Å². The van der Waals surface area contributed by atoms with Gasteiger partial charge in [-0.3, -0.25) is 4.79 Å². The molecule has 1 amide bonds. The number of hydrogen-bond acceptors (Lipinski definition) is 6. The van der Waals surface area contributed by atoms with Crippen LogP contribution in [0.25, 0.3) is 0 Å². The number of nitrogens with zero attached hydrogens (tertiary/aromatic N) is 2. The summed E-state index contributed by atoms with van der Waals surface area (Å²) in [5, 5.41) is 25.0. The third kappa shape index (κ3) is 3.26. The van der Waals surface area contributed by atoms with Crippen molar-refractivity contribution >= 4 is 21.6 Å². The minimum Gasteiger partial charge on any atom is -0.497 e. The molecule has 9 heteroatoms. The van der Waals surface area contributed by atoms with Gasteiger partial charge in [0.25, 0.3) is 5.91 Å². The summed E-state index contributed by atoms with van der Waals surface area (Å²) >= 11 is 0. The normalized spacial score (nSPS) is 18.9. The molecule has 0 spiro atoms. The molecule has 1 atom stereocenters. The Kier molecular flexibility index (Phi) is 4.65. The molecule has 1 aliphatic rings. The molecule has 0 radical (unpaired) electrons. The van der Waals surface area contributed by atoms with Crippen molar-refractivity contribution in [3.05, 3.63) is 53.6 Å². The molecule has 0 bridgehead atoms. The first kappa shape index (κ1) is 18.8. The van der Waals surface area contributed by atoms with Crippen LogP contribution in [0.4, 0.5) is 5.69 Å². The van der Waals surface area contributed by atoms with E-state index >= 15 is 0 Å². The Hall–Kier alpha value is -2.93. The highest BCUT2D eigenvalue weighted by molar-refractivity contribution is 7.89. The number of nitrogens with two attached hydrogens (primary N) is 1. The minimum absolute atomic E-state index is 0.0398. The van der Waals surface area contributed by atoms with E-state index < -0.39 is 21.5 Å². The lowest BCUT2D eigenvalue weighted by Gasteiger charge is -2.21. The third-order valence-corrected chi connectivity index (χ3v) is 5.40. The van der Waals surface area contributed by atoms with Crippen LogP contribution in [-0.4, -0.2) is 26.5 Å². The molecule has 0 saturated carbocycles. The summed E-state index contributed by atoms with van der Waals surface area (Å²) in [6.45, 7) is 0.0810. The number of aliphatic hydroxyl groups is 1. The zero-order valence-electron chi connectivity index (χ0n) is 14.4. The topological polar surface area (TPSA) is 134 Å². The van der Waals surface area contributed by atoms with Crippen LogP contribution in [0.2, 0.25) is 0 Å². The van der Waals surface area contributed by atoms with Gasteiger partial charge in [-0.1, -0.05) is 12.1 Å². The van der Waals surface area contributed by atoms with E-state index in [1.807, 2.05) is 6.07 Å². The first-order chi connectivity index (χ1) is 12.7. The summed E-state index contributed by atoms with van der Waals surface area (Å²) in [5.74, 6) is -0.125. The highest BCUT2D eigenvalue weighted by Crippen LogP contribution is 2.44. The lowest BCUT2D eigenvalue weighted by atomic mass is 9.92. The van der Waals surface area contributed by atoms with Gasteiger partial charge in [0.15, 0.2) is 5.60 Å². The fraction of sp³-hybridized carbons (Fsp3) is 0.222. The largest absolute Gasteiger partial charge is 0.497 e.